The van der Waals surface area contributed by atoms with Gasteiger partial charge in [0, 0.05) is 12.1 Å². The number of nitrogens with zero attached hydrogens (tertiary/aromatic N) is 2. The van der Waals surface area contributed by atoms with Gasteiger partial charge in [-0.15, -0.1) is 0 Å². The van der Waals surface area contributed by atoms with E-state index in [2.05, 4.69) is 4.98 Å². The van der Waals surface area contributed by atoms with Crippen LogP contribution in [0.5, 0.6) is 0 Å². The van der Waals surface area contributed by atoms with Crippen LogP contribution in [-0.4, -0.2) is 39.1 Å². The van der Waals surface area contributed by atoms with Crippen molar-refractivity contribution in [3.8, 4) is 11.1 Å². The summed E-state index contributed by atoms with van der Waals surface area (Å²) in [5, 5.41) is 11.6. The number of non-ortho nitro benzene ring substituents is 1. The summed E-state index contributed by atoms with van der Waals surface area (Å²) in [5.41, 5.74) is -0.408. The van der Waals surface area contributed by atoms with Gasteiger partial charge in [-0.3, -0.25) is 15.1 Å². The molecule has 166 valence electrons. The van der Waals surface area contributed by atoms with Crippen molar-refractivity contribution in [1.82, 2.24) is 4.98 Å². The Hall–Kier alpha value is -2.45. The van der Waals surface area contributed by atoms with Crippen LogP contribution >= 0.6 is 7.94 Å². The highest BCUT2D eigenvalue weighted by molar-refractivity contribution is 7.69. The highest BCUT2D eigenvalue weighted by Crippen LogP contribution is 2.70. The van der Waals surface area contributed by atoms with Crippen LogP contribution in [-0.2, 0) is 13.8 Å². The normalized spacial score (nSPS) is 18.6. The first kappa shape index (κ1) is 23.2. The van der Waals surface area contributed by atoms with Crippen LogP contribution in [0, 0.1) is 24.0 Å². The third-order valence-electron chi connectivity index (χ3n) is 5.70. The van der Waals surface area contributed by atoms with Crippen molar-refractivity contribution in [2.24, 2.45) is 0 Å². The quantitative estimate of drug-likeness (QED) is 0.321. The summed E-state index contributed by atoms with van der Waals surface area (Å²) in [6, 6.07) is 5.81. The molecule has 0 atom stereocenters. The number of benzene rings is 1. The molecular weight excluding hydrogens is 423 g/mol. The molecule has 1 aliphatic heterocycles. The molecule has 0 saturated carbocycles. The maximum Gasteiger partial charge on any atom is 0.450 e. The van der Waals surface area contributed by atoms with Crippen molar-refractivity contribution in [1.29, 1.82) is 0 Å². The van der Waals surface area contributed by atoms with E-state index in [0.717, 1.165) is 0 Å². The molecule has 0 spiro atoms. The van der Waals surface area contributed by atoms with Crippen molar-refractivity contribution in [3.05, 3.63) is 51.3 Å². The van der Waals surface area contributed by atoms with Gasteiger partial charge in [-0.1, -0.05) is 12.1 Å². The molecule has 2 aromatic rings. The Kier molecular flexibility index (Phi) is 5.69. The Bertz CT molecular complexity index is 1070. The first-order valence-electron chi connectivity index (χ1n) is 9.62. The molecule has 1 fully saturated rings. The summed E-state index contributed by atoms with van der Waals surface area (Å²) in [6.07, 6.45) is 0. The molecular formula is C21H26N2O7P+. The van der Waals surface area contributed by atoms with Crippen molar-refractivity contribution >= 4 is 24.9 Å². The van der Waals surface area contributed by atoms with E-state index in [-0.39, 0.29) is 22.1 Å². The summed E-state index contributed by atoms with van der Waals surface area (Å²) >= 11 is 0. The number of nitro groups is 1. The Labute approximate surface area is 181 Å². The fraction of sp³-hybridized carbons (Fsp3) is 0.429. The highest BCUT2D eigenvalue weighted by Gasteiger charge is 2.68. The molecule has 0 unspecified atom stereocenters. The third-order valence-corrected chi connectivity index (χ3v) is 8.22. The number of carbonyl (C=O) groups is 1. The molecule has 1 aromatic carbocycles. The van der Waals surface area contributed by atoms with Gasteiger partial charge in [0.1, 0.15) is 11.2 Å². The smallest absolute Gasteiger partial charge is 0.450 e. The zero-order chi connectivity index (χ0) is 23.4. The fourth-order valence-electron chi connectivity index (χ4n) is 3.54. The molecule has 1 saturated heterocycles. The zero-order valence-electron chi connectivity index (χ0n) is 18.5. The molecule has 1 aliphatic rings. The van der Waals surface area contributed by atoms with Gasteiger partial charge >= 0.3 is 13.9 Å². The SMILES string of the molecule is COC(=O)c1c(C)nc(C)c([P+]2(O)OC(C)(C)C(C)(C)O2)c1-c1cccc([N+](=O)[O-])c1. The van der Waals surface area contributed by atoms with Crippen molar-refractivity contribution in [3.63, 3.8) is 0 Å². The summed E-state index contributed by atoms with van der Waals surface area (Å²) < 4.78 is 17.1. The minimum atomic E-state index is -3.73. The van der Waals surface area contributed by atoms with Crippen LogP contribution in [0.3, 0.4) is 0 Å². The summed E-state index contributed by atoms with van der Waals surface area (Å²) in [5.74, 6) is -0.683. The zero-order valence-corrected chi connectivity index (χ0v) is 19.4. The second kappa shape index (κ2) is 7.60. The van der Waals surface area contributed by atoms with E-state index in [9.17, 15) is 19.8 Å². The lowest BCUT2D eigenvalue weighted by Gasteiger charge is -2.24. The second-order valence-corrected chi connectivity index (χ2v) is 10.3. The van der Waals surface area contributed by atoms with E-state index in [0.29, 0.717) is 17.0 Å². The Morgan fingerprint density at radius 3 is 2.26 bits per heavy atom. The number of rotatable bonds is 4. The van der Waals surface area contributed by atoms with Crippen LogP contribution in [0.25, 0.3) is 11.1 Å². The minimum Gasteiger partial charge on any atom is -0.465 e. The number of esters is 1. The van der Waals surface area contributed by atoms with Gasteiger partial charge in [0.15, 0.2) is 0 Å². The van der Waals surface area contributed by atoms with E-state index >= 15 is 0 Å². The summed E-state index contributed by atoms with van der Waals surface area (Å²) in [4.78, 5) is 39.7. The molecule has 0 bridgehead atoms. The summed E-state index contributed by atoms with van der Waals surface area (Å²) in [6.45, 7) is 10.5. The predicted octanol–water partition coefficient (Wildman–Crippen LogP) is 4.04. The number of hydrogen-bond acceptors (Lipinski definition) is 8. The van der Waals surface area contributed by atoms with E-state index in [4.69, 9.17) is 13.8 Å². The average molecular weight is 449 g/mol. The van der Waals surface area contributed by atoms with Gasteiger partial charge in [0.2, 0.25) is 5.30 Å². The van der Waals surface area contributed by atoms with Crippen LogP contribution in [0.2, 0.25) is 0 Å². The number of nitro benzene ring substituents is 1. The van der Waals surface area contributed by atoms with Crippen molar-refractivity contribution in [2.45, 2.75) is 52.7 Å². The first-order valence-corrected chi connectivity index (χ1v) is 11.2. The number of ether oxygens (including phenoxy) is 1. The van der Waals surface area contributed by atoms with E-state index in [1.807, 2.05) is 0 Å². The molecule has 0 amide bonds. The number of hydrogen-bond donors (Lipinski definition) is 1. The number of carbonyl (C=O) groups excluding carboxylic acids is 1. The Balaban J connectivity index is 2.42. The Morgan fingerprint density at radius 1 is 1.16 bits per heavy atom. The topological polar surface area (TPSA) is 121 Å². The van der Waals surface area contributed by atoms with Gasteiger partial charge in [-0.2, -0.15) is 13.9 Å². The van der Waals surface area contributed by atoms with E-state index < -0.39 is 30.0 Å². The molecule has 10 heteroatoms. The van der Waals surface area contributed by atoms with E-state index in [1.54, 1.807) is 47.6 Å². The standard InChI is InChI=1S/C21H26N2O7P/c1-12-16(19(24)28-7)17(14-9-8-10-15(11-14)23(25)26)18(13(2)22-12)31(27)29-20(3,4)21(5,6)30-31/h8-11,27H,1-7H3/q+1. The van der Waals surface area contributed by atoms with Gasteiger partial charge < -0.3 is 4.74 Å². The van der Waals surface area contributed by atoms with Crippen LogP contribution in [0.1, 0.15) is 49.4 Å². The van der Waals surface area contributed by atoms with Crippen LogP contribution < -0.4 is 5.30 Å². The molecule has 0 radical (unpaired) electrons. The minimum absolute atomic E-state index is 0.0896. The number of aryl methyl sites for hydroxylation is 2. The third kappa shape index (κ3) is 3.83. The van der Waals surface area contributed by atoms with E-state index in [1.165, 1.54) is 25.3 Å². The average Bonchev–Trinajstić information content (AvgIpc) is 2.82. The highest BCUT2D eigenvalue weighted by atomic mass is 31.2. The molecule has 0 aliphatic carbocycles. The summed E-state index contributed by atoms with van der Waals surface area (Å²) in [7, 11) is -2.50. The van der Waals surface area contributed by atoms with Crippen molar-refractivity contribution < 1.29 is 28.4 Å². The predicted molar refractivity (Wildman–Crippen MR) is 116 cm³/mol. The maximum absolute atomic E-state index is 12.7. The van der Waals surface area contributed by atoms with Gasteiger partial charge in [-0.25, -0.2) is 4.79 Å². The lowest BCUT2D eigenvalue weighted by Crippen LogP contribution is -2.41. The van der Waals surface area contributed by atoms with Crippen LogP contribution in [0.4, 0.5) is 5.69 Å². The molecule has 9 nitrogen and oxygen atoms in total. The second-order valence-electron chi connectivity index (χ2n) is 8.40. The number of pyridine rings is 1. The lowest BCUT2D eigenvalue weighted by molar-refractivity contribution is -0.384. The molecule has 3 rings (SSSR count). The molecule has 1 N–H and O–H groups in total. The Morgan fingerprint density at radius 2 is 1.74 bits per heavy atom. The van der Waals surface area contributed by atoms with Crippen LogP contribution in [0.15, 0.2) is 24.3 Å². The maximum atomic E-state index is 12.7. The lowest BCUT2D eigenvalue weighted by atomic mass is 9.90. The van der Waals surface area contributed by atoms with Gasteiger partial charge in [0.05, 0.1) is 34.5 Å². The molecule has 31 heavy (non-hydrogen) atoms. The number of methoxy groups -OCH3 is 1. The molecule has 1 aromatic heterocycles. The van der Waals surface area contributed by atoms with Crippen molar-refractivity contribution in [2.75, 3.05) is 7.11 Å². The van der Waals surface area contributed by atoms with Gasteiger partial charge in [0.25, 0.3) is 5.69 Å². The molecule has 2 heterocycles. The largest absolute Gasteiger partial charge is 0.465 e. The first-order chi connectivity index (χ1) is 14.2. The number of aromatic nitrogens is 1. The monoisotopic (exact) mass is 449 g/mol. The van der Waals surface area contributed by atoms with Gasteiger partial charge in [-0.05, 0) is 47.1 Å². The fourth-order valence-corrected chi connectivity index (χ4v) is 6.42.